The topological polar surface area (TPSA) is 91.8 Å². The van der Waals surface area contributed by atoms with E-state index >= 15 is 0 Å². The Balaban J connectivity index is 1.24. The summed E-state index contributed by atoms with van der Waals surface area (Å²) in [4.78, 5) is 23.6. The lowest BCUT2D eigenvalue weighted by Crippen LogP contribution is -2.40. The van der Waals surface area contributed by atoms with Crippen LogP contribution in [0.5, 0.6) is 0 Å². The van der Waals surface area contributed by atoms with Gasteiger partial charge in [0, 0.05) is 59.5 Å². The first kappa shape index (κ1) is 25.4. The Morgan fingerprint density at radius 1 is 1.03 bits per heavy atom. The van der Waals surface area contributed by atoms with Gasteiger partial charge in [-0.1, -0.05) is 12.8 Å². The number of likely N-dealkylation sites (tertiary alicyclic amines) is 1. The van der Waals surface area contributed by atoms with Crippen LogP contribution in [0.25, 0.3) is 21.9 Å². The van der Waals surface area contributed by atoms with Crippen LogP contribution in [0.1, 0.15) is 56.2 Å². The van der Waals surface area contributed by atoms with Gasteiger partial charge >= 0.3 is 6.18 Å². The minimum absolute atomic E-state index is 0.0208. The lowest BCUT2D eigenvalue weighted by atomic mass is 10.0. The first-order valence-electron chi connectivity index (χ1n) is 13.3. The number of alkyl halides is 3. The summed E-state index contributed by atoms with van der Waals surface area (Å²) in [6.07, 6.45) is 4.64. The Morgan fingerprint density at radius 3 is 2.51 bits per heavy atom. The molecule has 1 aliphatic carbocycles. The first-order chi connectivity index (χ1) is 18.8. The third-order valence-corrected chi connectivity index (χ3v) is 7.91. The fourth-order valence-corrected chi connectivity index (χ4v) is 6.06. The van der Waals surface area contributed by atoms with E-state index < -0.39 is 12.7 Å². The van der Waals surface area contributed by atoms with Crippen LogP contribution in [-0.2, 0) is 0 Å². The minimum atomic E-state index is -4.17. The number of anilines is 2. The van der Waals surface area contributed by atoms with Crippen molar-refractivity contribution in [2.45, 2.75) is 56.8 Å². The minimum Gasteiger partial charge on any atom is -0.344 e. The Bertz CT molecular complexity index is 1620. The molecule has 39 heavy (non-hydrogen) atoms. The van der Waals surface area contributed by atoms with Crippen molar-refractivity contribution in [2.75, 3.05) is 25.0 Å². The molecule has 1 saturated heterocycles. The molecule has 1 aromatic carbocycles. The molecule has 1 aliphatic heterocycles. The van der Waals surface area contributed by atoms with Gasteiger partial charge in [0.05, 0.1) is 6.54 Å². The molecule has 11 heteroatoms. The fraction of sp³-hybridized carbons (Fsp3) is 0.429. The summed E-state index contributed by atoms with van der Waals surface area (Å²) >= 11 is 0. The second-order valence-corrected chi connectivity index (χ2v) is 10.5. The van der Waals surface area contributed by atoms with Crippen LogP contribution in [-0.4, -0.2) is 49.8 Å². The molecule has 2 fully saturated rings. The van der Waals surface area contributed by atoms with Crippen LogP contribution < -0.4 is 10.9 Å². The molecular weight excluding hydrogens is 507 g/mol. The Morgan fingerprint density at radius 2 is 1.79 bits per heavy atom. The van der Waals surface area contributed by atoms with E-state index in [9.17, 15) is 23.2 Å². The van der Waals surface area contributed by atoms with E-state index in [-0.39, 0.29) is 23.2 Å². The number of nitriles is 1. The summed E-state index contributed by atoms with van der Waals surface area (Å²) in [5.74, 6) is 0.356. The number of hydrogen-bond acceptors (Lipinski definition) is 6. The number of nitrogens with one attached hydrogen (secondary N) is 1. The third-order valence-electron chi connectivity index (χ3n) is 7.91. The molecule has 1 N–H and O–H groups in total. The highest BCUT2D eigenvalue weighted by molar-refractivity contribution is 5.85. The van der Waals surface area contributed by atoms with Crippen molar-refractivity contribution in [1.82, 2.24) is 24.0 Å². The Labute approximate surface area is 222 Å². The van der Waals surface area contributed by atoms with Gasteiger partial charge in [-0.15, -0.1) is 0 Å². The van der Waals surface area contributed by atoms with Gasteiger partial charge in [0.1, 0.15) is 17.3 Å². The van der Waals surface area contributed by atoms with Crippen LogP contribution in [0.2, 0.25) is 0 Å². The highest BCUT2D eigenvalue weighted by atomic mass is 19.4. The average Bonchev–Trinajstić information content (AvgIpc) is 3.58. The summed E-state index contributed by atoms with van der Waals surface area (Å²) < 4.78 is 42.0. The van der Waals surface area contributed by atoms with Gasteiger partial charge in [-0.25, -0.2) is 4.98 Å². The van der Waals surface area contributed by atoms with E-state index in [4.69, 9.17) is 0 Å². The lowest BCUT2D eigenvalue weighted by molar-refractivity contribution is -0.148. The predicted octanol–water partition coefficient (Wildman–Crippen LogP) is 5.68. The summed E-state index contributed by atoms with van der Waals surface area (Å²) in [5.41, 5.74) is 2.11. The number of rotatable bonds is 5. The van der Waals surface area contributed by atoms with Crippen molar-refractivity contribution in [1.29, 1.82) is 5.26 Å². The fourth-order valence-electron chi connectivity index (χ4n) is 6.06. The molecule has 6 rings (SSSR count). The Hall–Kier alpha value is -3.91. The van der Waals surface area contributed by atoms with Gasteiger partial charge in [-0.3, -0.25) is 14.3 Å². The van der Waals surface area contributed by atoms with Crippen molar-refractivity contribution in [3.63, 3.8) is 0 Å². The van der Waals surface area contributed by atoms with Gasteiger partial charge in [-0.05, 0) is 56.0 Å². The van der Waals surface area contributed by atoms with Gasteiger partial charge in [-0.2, -0.15) is 23.4 Å². The molecule has 4 aromatic rings. The van der Waals surface area contributed by atoms with Crippen molar-refractivity contribution in [3.8, 4) is 6.07 Å². The van der Waals surface area contributed by atoms with E-state index in [1.165, 1.54) is 4.90 Å². The van der Waals surface area contributed by atoms with Crippen LogP contribution in [0.3, 0.4) is 0 Å². The van der Waals surface area contributed by atoms with Crippen molar-refractivity contribution < 1.29 is 13.2 Å². The molecule has 0 amide bonds. The highest BCUT2D eigenvalue weighted by Gasteiger charge is 2.33. The zero-order valence-corrected chi connectivity index (χ0v) is 21.3. The van der Waals surface area contributed by atoms with Crippen LogP contribution in [0, 0.1) is 11.3 Å². The quantitative estimate of drug-likeness (QED) is 0.354. The van der Waals surface area contributed by atoms with Gasteiger partial charge in [0.25, 0.3) is 5.56 Å². The van der Waals surface area contributed by atoms with E-state index in [0.717, 1.165) is 42.3 Å². The standard InChI is InChI=1S/C28H28F3N7O/c29-28(30,31)17-36-10-8-22(9-11-36)37-12-7-18-14-21(5-6-24(18)37)34-27-33-16-20-13-19(15-32)26(39)38(25(20)35-27)23-3-1-2-4-23/h5-7,12-14,16,22-23H,1-4,8-11,17H2,(H,33,34,35). The van der Waals surface area contributed by atoms with E-state index in [2.05, 4.69) is 19.9 Å². The summed E-state index contributed by atoms with van der Waals surface area (Å²) in [5, 5.41) is 14.4. The number of aromatic nitrogens is 4. The molecular formula is C28H28F3N7O. The Kier molecular flexibility index (Phi) is 6.51. The zero-order valence-electron chi connectivity index (χ0n) is 21.3. The van der Waals surface area contributed by atoms with Crippen molar-refractivity contribution >= 4 is 33.6 Å². The molecule has 0 radical (unpaired) electrons. The summed E-state index contributed by atoms with van der Waals surface area (Å²) in [6.45, 7) is -0.0105. The maximum Gasteiger partial charge on any atom is 0.401 e. The lowest BCUT2D eigenvalue weighted by Gasteiger charge is -2.33. The normalized spacial score (nSPS) is 17.7. The molecule has 1 saturated carbocycles. The molecule has 2 aliphatic rings. The van der Waals surface area contributed by atoms with E-state index in [1.54, 1.807) is 16.8 Å². The molecule has 202 valence electrons. The molecule has 3 aromatic heterocycles. The maximum absolute atomic E-state index is 13.0. The van der Waals surface area contributed by atoms with Gasteiger partial charge < -0.3 is 9.88 Å². The number of hydrogen-bond donors (Lipinski definition) is 1. The highest BCUT2D eigenvalue weighted by Crippen LogP contribution is 2.32. The SMILES string of the molecule is N#Cc1cc2cnc(Nc3ccc4c(ccn4C4CCN(CC(F)(F)F)CC4)c3)nc2n(C2CCCC2)c1=O. The maximum atomic E-state index is 13.0. The first-order valence-corrected chi connectivity index (χ1v) is 13.3. The number of fused-ring (bicyclic) bond motifs is 2. The molecule has 0 unspecified atom stereocenters. The predicted molar refractivity (Wildman–Crippen MR) is 142 cm³/mol. The largest absolute Gasteiger partial charge is 0.401 e. The van der Waals surface area contributed by atoms with Crippen LogP contribution in [0.4, 0.5) is 24.8 Å². The summed E-state index contributed by atoms with van der Waals surface area (Å²) in [6, 6.07) is 11.6. The summed E-state index contributed by atoms with van der Waals surface area (Å²) in [7, 11) is 0. The smallest absolute Gasteiger partial charge is 0.344 e. The second-order valence-electron chi connectivity index (χ2n) is 10.5. The number of pyridine rings is 1. The van der Waals surface area contributed by atoms with E-state index in [0.29, 0.717) is 42.9 Å². The molecule has 0 atom stereocenters. The van der Waals surface area contributed by atoms with Gasteiger partial charge in [0.2, 0.25) is 5.95 Å². The van der Waals surface area contributed by atoms with Crippen molar-refractivity contribution in [3.05, 3.63) is 58.6 Å². The third kappa shape index (κ3) is 5.08. The van der Waals surface area contributed by atoms with Gasteiger partial charge in [0.15, 0.2) is 0 Å². The number of nitrogens with zero attached hydrogens (tertiary/aromatic N) is 6. The number of piperidine rings is 1. The van der Waals surface area contributed by atoms with Crippen LogP contribution in [0.15, 0.2) is 47.5 Å². The average molecular weight is 536 g/mol. The number of halogens is 3. The molecule has 0 bridgehead atoms. The monoisotopic (exact) mass is 535 g/mol. The second kappa shape index (κ2) is 10.0. The molecule has 8 nitrogen and oxygen atoms in total. The van der Waals surface area contributed by atoms with Crippen LogP contribution >= 0.6 is 0 Å². The van der Waals surface area contributed by atoms with Crippen molar-refractivity contribution in [2.24, 2.45) is 0 Å². The zero-order chi connectivity index (χ0) is 27.1. The van der Waals surface area contributed by atoms with E-state index in [1.807, 2.05) is 36.5 Å². The molecule has 0 spiro atoms. The molecule has 4 heterocycles. The number of benzene rings is 1.